The number of hydrogen-bond acceptors (Lipinski definition) is 5. The van der Waals surface area contributed by atoms with E-state index in [4.69, 9.17) is 30.2 Å². The van der Waals surface area contributed by atoms with Gasteiger partial charge in [-0.2, -0.15) is 0 Å². The normalized spacial score (nSPS) is 10.5. The Bertz CT molecular complexity index is 948. The van der Waals surface area contributed by atoms with Gasteiger partial charge >= 0.3 is 5.97 Å². The highest BCUT2D eigenvalue weighted by molar-refractivity contribution is 6.32. The van der Waals surface area contributed by atoms with Crippen molar-refractivity contribution in [1.29, 1.82) is 0 Å². The Morgan fingerprint density at radius 1 is 1.04 bits per heavy atom. The van der Waals surface area contributed by atoms with Crippen LogP contribution < -0.4 is 14.2 Å². The van der Waals surface area contributed by atoms with Crippen LogP contribution in [0.4, 0.5) is 0 Å². The maximum atomic E-state index is 12.2. The van der Waals surface area contributed by atoms with Gasteiger partial charge in [0.05, 0.1) is 12.1 Å². The molecule has 0 atom stereocenters. The lowest BCUT2D eigenvalue weighted by Gasteiger charge is -2.11. The Morgan fingerprint density at radius 2 is 1.86 bits per heavy atom. The Labute approximate surface area is 168 Å². The van der Waals surface area contributed by atoms with Gasteiger partial charge in [-0.25, -0.2) is 4.79 Å². The first kappa shape index (κ1) is 19.8. The second-order valence-electron chi connectivity index (χ2n) is 6.11. The van der Waals surface area contributed by atoms with Gasteiger partial charge in [0.2, 0.25) is 5.76 Å². The van der Waals surface area contributed by atoms with Gasteiger partial charge in [-0.15, -0.1) is 0 Å². The molecule has 0 saturated carbocycles. The van der Waals surface area contributed by atoms with Gasteiger partial charge in [-0.3, -0.25) is 0 Å². The van der Waals surface area contributed by atoms with Crippen LogP contribution in [0.1, 0.15) is 35.2 Å². The molecule has 1 heterocycles. The van der Waals surface area contributed by atoms with E-state index in [0.29, 0.717) is 22.3 Å². The third-order valence-corrected chi connectivity index (χ3v) is 4.35. The van der Waals surface area contributed by atoms with Crippen molar-refractivity contribution in [1.82, 2.24) is 0 Å². The van der Waals surface area contributed by atoms with E-state index in [9.17, 15) is 4.79 Å². The largest absolute Gasteiger partial charge is 0.493 e. The van der Waals surface area contributed by atoms with Gasteiger partial charge in [-0.1, -0.05) is 43.1 Å². The molecule has 0 fully saturated rings. The van der Waals surface area contributed by atoms with E-state index in [1.807, 2.05) is 18.2 Å². The molecule has 146 valence electrons. The highest BCUT2D eigenvalue weighted by atomic mass is 35.5. The summed E-state index contributed by atoms with van der Waals surface area (Å²) in [5, 5.41) is 0.351. The van der Waals surface area contributed by atoms with Crippen LogP contribution >= 0.6 is 11.6 Å². The van der Waals surface area contributed by atoms with Gasteiger partial charge in [-0.05, 0) is 48.4 Å². The number of hydrogen-bond donors (Lipinski definition) is 0. The fourth-order valence-corrected chi connectivity index (χ4v) is 2.84. The summed E-state index contributed by atoms with van der Waals surface area (Å²) in [7, 11) is 1.60. The van der Waals surface area contributed by atoms with Crippen LogP contribution in [0.5, 0.6) is 17.2 Å². The molecule has 6 heteroatoms. The number of ether oxygens (including phenoxy) is 3. The third kappa shape index (κ3) is 4.87. The molecule has 3 rings (SSSR count). The molecule has 5 nitrogen and oxygen atoms in total. The van der Waals surface area contributed by atoms with E-state index in [1.54, 1.807) is 43.5 Å². The van der Waals surface area contributed by atoms with Crippen LogP contribution in [-0.4, -0.2) is 13.1 Å². The molecule has 0 unspecified atom stereocenters. The summed E-state index contributed by atoms with van der Waals surface area (Å²) in [6.07, 6.45) is 2.04. The number of halogens is 1. The number of rotatable bonds is 8. The monoisotopic (exact) mass is 400 g/mol. The summed E-state index contributed by atoms with van der Waals surface area (Å²) in [6, 6.07) is 15.8. The molecule has 0 radical (unpaired) electrons. The van der Waals surface area contributed by atoms with E-state index in [0.717, 1.165) is 12.8 Å². The predicted molar refractivity (Wildman–Crippen MR) is 106 cm³/mol. The second-order valence-corrected chi connectivity index (χ2v) is 6.52. The summed E-state index contributed by atoms with van der Waals surface area (Å²) in [4.78, 5) is 12.2. The Kier molecular flexibility index (Phi) is 6.61. The van der Waals surface area contributed by atoms with E-state index in [1.165, 1.54) is 5.56 Å². The molecule has 0 saturated heterocycles. The summed E-state index contributed by atoms with van der Waals surface area (Å²) < 4.78 is 22.0. The molecule has 0 N–H and O–H groups in total. The topological polar surface area (TPSA) is 57.9 Å². The zero-order valence-electron chi connectivity index (χ0n) is 15.7. The van der Waals surface area contributed by atoms with Crippen LogP contribution in [0.25, 0.3) is 0 Å². The molecular weight excluding hydrogens is 380 g/mol. The molecule has 3 aromatic rings. The molecule has 0 aliphatic carbocycles. The van der Waals surface area contributed by atoms with E-state index < -0.39 is 5.97 Å². The van der Waals surface area contributed by atoms with Crippen LogP contribution in [0, 0.1) is 0 Å². The summed E-state index contributed by atoms with van der Waals surface area (Å²) in [5.41, 5.74) is 1.19. The molecule has 0 aliphatic heterocycles. The molecule has 1 aromatic heterocycles. The summed E-state index contributed by atoms with van der Waals surface area (Å²) in [6.45, 7) is 2.28. The van der Waals surface area contributed by atoms with Crippen molar-refractivity contribution in [3.05, 3.63) is 76.7 Å². The Morgan fingerprint density at radius 3 is 2.61 bits per heavy atom. The average molecular weight is 401 g/mol. The van der Waals surface area contributed by atoms with Crippen molar-refractivity contribution < 1.29 is 23.4 Å². The molecule has 0 spiro atoms. The highest BCUT2D eigenvalue weighted by Crippen LogP contribution is 2.29. The predicted octanol–water partition coefficient (Wildman–Crippen LogP) is 5.69. The van der Waals surface area contributed by atoms with Gasteiger partial charge in [0.1, 0.15) is 18.1 Å². The average Bonchev–Trinajstić information content (AvgIpc) is 3.18. The maximum Gasteiger partial charge on any atom is 0.379 e. The van der Waals surface area contributed by atoms with Gasteiger partial charge in [0.15, 0.2) is 11.5 Å². The fourth-order valence-electron chi connectivity index (χ4n) is 2.67. The summed E-state index contributed by atoms with van der Waals surface area (Å²) in [5.74, 6) is 1.49. The zero-order valence-corrected chi connectivity index (χ0v) is 16.5. The van der Waals surface area contributed by atoms with Crippen molar-refractivity contribution in [2.24, 2.45) is 0 Å². The number of aryl methyl sites for hydroxylation is 1. The lowest BCUT2D eigenvalue weighted by atomic mass is 10.1. The molecular formula is C22H21ClO5. The van der Waals surface area contributed by atoms with Crippen LogP contribution in [0.3, 0.4) is 0 Å². The first-order valence-corrected chi connectivity index (χ1v) is 9.33. The molecule has 0 aliphatic rings. The lowest BCUT2D eigenvalue weighted by molar-refractivity contribution is 0.0697. The zero-order chi connectivity index (χ0) is 19.9. The fraction of sp³-hybridized carbons (Fsp3) is 0.227. The number of methoxy groups -OCH3 is 1. The third-order valence-electron chi connectivity index (χ3n) is 4.04. The first-order chi connectivity index (χ1) is 13.6. The van der Waals surface area contributed by atoms with E-state index >= 15 is 0 Å². The number of carbonyl (C=O) groups excluding carboxylic acids is 1. The lowest BCUT2D eigenvalue weighted by Crippen LogP contribution is -2.07. The second kappa shape index (κ2) is 9.33. The number of esters is 1. The van der Waals surface area contributed by atoms with Crippen molar-refractivity contribution in [3.8, 4) is 17.2 Å². The van der Waals surface area contributed by atoms with Crippen molar-refractivity contribution in [3.63, 3.8) is 0 Å². The van der Waals surface area contributed by atoms with Gasteiger partial charge in [0.25, 0.3) is 0 Å². The van der Waals surface area contributed by atoms with Gasteiger partial charge < -0.3 is 18.6 Å². The molecule has 0 amide bonds. The van der Waals surface area contributed by atoms with Crippen LogP contribution in [-0.2, 0) is 13.0 Å². The number of benzene rings is 2. The molecule has 28 heavy (non-hydrogen) atoms. The Hall–Kier alpha value is -2.92. The SMILES string of the molecule is CCCc1ccc(OCc2ccc(C(=O)Oc3ccccc3Cl)o2)c(OC)c1. The smallest absolute Gasteiger partial charge is 0.379 e. The minimum absolute atomic E-state index is 0.0729. The summed E-state index contributed by atoms with van der Waals surface area (Å²) >= 11 is 6.00. The van der Waals surface area contributed by atoms with Crippen molar-refractivity contribution in [2.75, 3.05) is 7.11 Å². The molecule has 0 bridgehead atoms. The highest BCUT2D eigenvalue weighted by Gasteiger charge is 2.16. The quantitative estimate of drug-likeness (QED) is 0.359. The maximum absolute atomic E-state index is 12.2. The number of para-hydroxylation sites is 1. The number of furan rings is 1. The number of carbonyl (C=O) groups is 1. The minimum atomic E-state index is -0.624. The van der Waals surface area contributed by atoms with Gasteiger partial charge in [0, 0.05) is 0 Å². The first-order valence-electron chi connectivity index (χ1n) is 8.96. The van der Waals surface area contributed by atoms with E-state index in [2.05, 4.69) is 6.92 Å². The van der Waals surface area contributed by atoms with Crippen LogP contribution in [0.2, 0.25) is 5.02 Å². The molecule has 2 aromatic carbocycles. The van der Waals surface area contributed by atoms with Crippen LogP contribution in [0.15, 0.2) is 59.0 Å². The van der Waals surface area contributed by atoms with E-state index in [-0.39, 0.29) is 18.1 Å². The van der Waals surface area contributed by atoms with Crippen molar-refractivity contribution in [2.45, 2.75) is 26.4 Å². The van der Waals surface area contributed by atoms with Crippen molar-refractivity contribution >= 4 is 17.6 Å². The Balaban J connectivity index is 1.63. The standard InChI is InChI=1S/C22H21ClO5/c1-3-6-15-9-11-19(21(13-15)25-2)26-14-16-10-12-20(27-16)22(24)28-18-8-5-4-7-17(18)23/h4-5,7-13H,3,6,14H2,1-2H3. The minimum Gasteiger partial charge on any atom is -0.493 e.